The molecule has 1 heterocycles. The SMILES string of the molecule is O=c1c2ccccc2nc(C=Cc2cc(Br)ccc2O)n1-c1ccc2ccccc2c1. The van der Waals surface area contributed by atoms with E-state index >= 15 is 0 Å². The van der Waals surface area contributed by atoms with Crippen LogP contribution in [-0.2, 0) is 0 Å². The predicted molar refractivity (Wildman–Crippen MR) is 130 cm³/mol. The van der Waals surface area contributed by atoms with Crippen molar-refractivity contribution in [2.24, 2.45) is 0 Å². The summed E-state index contributed by atoms with van der Waals surface area (Å²) in [5.74, 6) is 0.637. The minimum atomic E-state index is -0.140. The molecule has 1 N–H and O–H groups in total. The van der Waals surface area contributed by atoms with Crippen LogP contribution in [0, 0.1) is 0 Å². The van der Waals surface area contributed by atoms with E-state index < -0.39 is 0 Å². The first-order valence-electron chi connectivity index (χ1n) is 9.78. The molecule has 1 aromatic heterocycles. The van der Waals surface area contributed by atoms with E-state index in [9.17, 15) is 9.90 Å². The van der Waals surface area contributed by atoms with Gasteiger partial charge in [-0.05, 0) is 65.4 Å². The molecule has 0 aliphatic rings. The van der Waals surface area contributed by atoms with E-state index in [1.165, 1.54) is 0 Å². The molecule has 5 rings (SSSR count). The Kier molecular flexibility index (Phi) is 4.88. The van der Waals surface area contributed by atoms with Crippen LogP contribution < -0.4 is 5.56 Å². The van der Waals surface area contributed by atoms with Crippen molar-refractivity contribution in [3.05, 3.63) is 111 Å². The molecule has 4 aromatic carbocycles. The second-order valence-electron chi connectivity index (χ2n) is 7.20. The Balaban J connectivity index is 1.75. The molecule has 0 saturated heterocycles. The lowest BCUT2D eigenvalue weighted by Crippen LogP contribution is -2.22. The predicted octanol–water partition coefficient (Wildman–Crippen LogP) is 6.18. The normalized spacial score (nSPS) is 11.5. The van der Waals surface area contributed by atoms with Gasteiger partial charge in [0.05, 0.1) is 16.6 Å². The largest absolute Gasteiger partial charge is 0.507 e. The maximum Gasteiger partial charge on any atom is 0.266 e. The number of hydrogen-bond acceptors (Lipinski definition) is 3. The number of rotatable bonds is 3. The van der Waals surface area contributed by atoms with E-state index in [0.717, 1.165) is 20.9 Å². The first-order valence-corrected chi connectivity index (χ1v) is 10.6. The summed E-state index contributed by atoms with van der Waals surface area (Å²) in [4.78, 5) is 18.2. The summed E-state index contributed by atoms with van der Waals surface area (Å²) in [6.07, 6.45) is 3.51. The molecular weight excluding hydrogens is 452 g/mol. The van der Waals surface area contributed by atoms with Crippen LogP contribution in [0.4, 0.5) is 0 Å². The Hall–Kier alpha value is -3.70. The molecule has 150 valence electrons. The van der Waals surface area contributed by atoms with Gasteiger partial charge in [-0.15, -0.1) is 0 Å². The van der Waals surface area contributed by atoms with Crippen molar-refractivity contribution in [2.45, 2.75) is 0 Å². The third kappa shape index (κ3) is 3.64. The number of para-hydroxylation sites is 1. The molecule has 5 aromatic rings. The van der Waals surface area contributed by atoms with Gasteiger partial charge in [0, 0.05) is 10.0 Å². The van der Waals surface area contributed by atoms with Crippen molar-refractivity contribution in [3.8, 4) is 11.4 Å². The van der Waals surface area contributed by atoms with Crippen LogP contribution in [0.5, 0.6) is 5.75 Å². The number of aromatic hydroxyl groups is 1. The zero-order chi connectivity index (χ0) is 21.4. The summed E-state index contributed by atoms with van der Waals surface area (Å²) >= 11 is 3.43. The molecule has 0 aliphatic heterocycles. The third-order valence-electron chi connectivity index (χ3n) is 5.19. The average Bonchev–Trinajstić information content (AvgIpc) is 2.79. The number of benzene rings is 4. The number of aromatic nitrogens is 2. The molecule has 0 saturated carbocycles. The molecule has 5 heteroatoms. The maximum absolute atomic E-state index is 13.5. The Labute approximate surface area is 186 Å². The van der Waals surface area contributed by atoms with Gasteiger partial charge in [-0.1, -0.05) is 58.4 Å². The van der Waals surface area contributed by atoms with E-state index in [1.54, 1.807) is 34.9 Å². The zero-order valence-electron chi connectivity index (χ0n) is 16.4. The van der Waals surface area contributed by atoms with Gasteiger partial charge in [0.25, 0.3) is 5.56 Å². The molecule has 0 bridgehead atoms. The van der Waals surface area contributed by atoms with Gasteiger partial charge in [0.2, 0.25) is 0 Å². The monoisotopic (exact) mass is 468 g/mol. The highest BCUT2D eigenvalue weighted by molar-refractivity contribution is 9.10. The first kappa shape index (κ1) is 19.3. The second-order valence-corrected chi connectivity index (χ2v) is 8.11. The Morgan fingerprint density at radius 1 is 0.839 bits per heavy atom. The molecule has 4 nitrogen and oxygen atoms in total. The molecule has 0 atom stereocenters. The van der Waals surface area contributed by atoms with Gasteiger partial charge in [-0.2, -0.15) is 0 Å². The van der Waals surface area contributed by atoms with Crippen LogP contribution in [-0.4, -0.2) is 14.7 Å². The smallest absolute Gasteiger partial charge is 0.266 e. The molecule has 0 amide bonds. The Morgan fingerprint density at radius 3 is 2.48 bits per heavy atom. The molecule has 0 spiro atoms. The lowest BCUT2D eigenvalue weighted by atomic mass is 10.1. The van der Waals surface area contributed by atoms with Crippen molar-refractivity contribution in [1.82, 2.24) is 9.55 Å². The highest BCUT2D eigenvalue weighted by Crippen LogP contribution is 2.25. The van der Waals surface area contributed by atoms with Gasteiger partial charge in [0.15, 0.2) is 0 Å². The van der Waals surface area contributed by atoms with Gasteiger partial charge in [0.1, 0.15) is 11.6 Å². The van der Waals surface area contributed by atoms with E-state index in [1.807, 2.05) is 66.7 Å². The summed E-state index contributed by atoms with van der Waals surface area (Å²) in [6, 6.07) is 26.5. The number of fused-ring (bicyclic) bond motifs is 2. The van der Waals surface area contributed by atoms with Crippen molar-refractivity contribution in [3.63, 3.8) is 0 Å². The van der Waals surface area contributed by atoms with E-state index in [-0.39, 0.29) is 11.3 Å². The highest BCUT2D eigenvalue weighted by Gasteiger charge is 2.12. The Morgan fingerprint density at radius 2 is 1.61 bits per heavy atom. The number of nitrogens with zero attached hydrogens (tertiary/aromatic N) is 2. The summed E-state index contributed by atoms with van der Waals surface area (Å²) in [7, 11) is 0. The molecule has 0 unspecified atom stereocenters. The van der Waals surface area contributed by atoms with Crippen molar-refractivity contribution in [2.75, 3.05) is 0 Å². The number of phenols is 1. The minimum absolute atomic E-state index is 0.140. The van der Waals surface area contributed by atoms with E-state index in [0.29, 0.717) is 22.3 Å². The molecule has 0 radical (unpaired) electrons. The third-order valence-corrected chi connectivity index (χ3v) is 5.69. The average molecular weight is 469 g/mol. The van der Waals surface area contributed by atoms with Gasteiger partial charge in [-0.3, -0.25) is 9.36 Å². The second kappa shape index (κ2) is 7.85. The van der Waals surface area contributed by atoms with Crippen LogP contribution in [0.25, 0.3) is 39.5 Å². The highest BCUT2D eigenvalue weighted by atomic mass is 79.9. The molecule has 31 heavy (non-hydrogen) atoms. The van der Waals surface area contributed by atoms with Crippen LogP contribution in [0.1, 0.15) is 11.4 Å². The van der Waals surface area contributed by atoms with Crippen molar-refractivity contribution >= 4 is 49.8 Å². The van der Waals surface area contributed by atoms with Gasteiger partial charge >= 0.3 is 0 Å². The minimum Gasteiger partial charge on any atom is -0.507 e. The summed E-state index contributed by atoms with van der Waals surface area (Å²) < 4.78 is 2.46. The maximum atomic E-state index is 13.5. The fourth-order valence-electron chi connectivity index (χ4n) is 3.65. The fraction of sp³-hybridized carbons (Fsp3) is 0. The van der Waals surface area contributed by atoms with E-state index in [4.69, 9.17) is 4.98 Å². The number of phenolic OH excluding ortho intramolecular Hbond substituents is 1. The zero-order valence-corrected chi connectivity index (χ0v) is 18.0. The quantitative estimate of drug-likeness (QED) is 0.344. The summed E-state index contributed by atoms with van der Waals surface area (Å²) in [5.41, 5.74) is 1.85. The topological polar surface area (TPSA) is 55.1 Å². The van der Waals surface area contributed by atoms with Gasteiger partial charge in [-0.25, -0.2) is 4.98 Å². The van der Waals surface area contributed by atoms with Gasteiger partial charge < -0.3 is 5.11 Å². The lowest BCUT2D eigenvalue weighted by molar-refractivity contribution is 0.474. The Bertz CT molecular complexity index is 1540. The molecule has 0 fully saturated rings. The van der Waals surface area contributed by atoms with Crippen LogP contribution in [0.15, 0.2) is 94.2 Å². The number of hydrogen-bond donors (Lipinski definition) is 1. The molecule has 0 aliphatic carbocycles. The molecular formula is C26H17BrN2O2. The van der Waals surface area contributed by atoms with Crippen LogP contribution in [0.3, 0.4) is 0 Å². The summed E-state index contributed by atoms with van der Waals surface area (Å²) in [5, 5.41) is 12.9. The van der Waals surface area contributed by atoms with E-state index in [2.05, 4.69) is 15.9 Å². The van der Waals surface area contributed by atoms with Crippen molar-refractivity contribution < 1.29 is 5.11 Å². The standard InChI is InChI=1S/C26H17BrN2O2/c27-20-11-13-24(30)19(15-20)10-14-25-28-23-8-4-3-7-22(23)26(31)29(25)21-12-9-17-5-1-2-6-18(17)16-21/h1-16,30H. The fourth-order valence-corrected chi connectivity index (χ4v) is 4.03. The van der Waals surface area contributed by atoms with Crippen molar-refractivity contribution in [1.29, 1.82) is 0 Å². The first-order chi connectivity index (χ1) is 15.1. The van der Waals surface area contributed by atoms with Crippen LogP contribution >= 0.6 is 15.9 Å². The summed E-state index contributed by atoms with van der Waals surface area (Å²) in [6.45, 7) is 0. The van der Waals surface area contributed by atoms with Crippen LogP contribution in [0.2, 0.25) is 0 Å². The number of halogens is 1. The lowest BCUT2D eigenvalue weighted by Gasteiger charge is -2.12.